The topological polar surface area (TPSA) is 81.9 Å². The molecule has 1 aromatic carbocycles. The minimum absolute atomic E-state index is 0.0142. The molecule has 7 nitrogen and oxygen atoms in total. The Labute approximate surface area is 145 Å². The monoisotopic (exact) mass is 344 g/mol. The number of morpholine rings is 1. The summed E-state index contributed by atoms with van der Waals surface area (Å²) in [7, 11) is 0. The molecule has 0 N–H and O–H groups in total. The molecule has 1 saturated heterocycles. The van der Waals surface area contributed by atoms with E-state index in [9.17, 15) is 9.59 Å². The Kier molecular flexibility index (Phi) is 5.14. The van der Waals surface area contributed by atoms with E-state index in [1.165, 1.54) is 0 Å². The van der Waals surface area contributed by atoms with Gasteiger partial charge in [0.1, 0.15) is 5.76 Å². The van der Waals surface area contributed by atoms with Crippen LogP contribution < -0.4 is 0 Å². The summed E-state index contributed by atoms with van der Waals surface area (Å²) >= 11 is 0. The first-order chi connectivity index (χ1) is 12.0. The van der Waals surface area contributed by atoms with Gasteiger partial charge in [-0.05, 0) is 26.0 Å². The second-order valence-corrected chi connectivity index (χ2v) is 5.89. The molecule has 2 heterocycles. The van der Waals surface area contributed by atoms with E-state index in [1.54, 1.807) is 11.8 Å². The van der Waals surface area contributed by atoms with E-state index in [0.717, 1.165) is 5.56 Å². The summed E-state index contributed by atoms with van der Waals surface area (Å²) in [5.74, 6) is -0.208. The van der Waals surface area contributed by atoms with Crippen molar-refractivity contribution in [3.63, 3.8) is 0 Å². The van der Waals surface area contributed by atoms with Crippen molar-refractivity contribution in [2.24, 2.45) is 0 Å². The number of nitrogens with zero attached hydrogens (tertiary/aromatic N) is 2. The second-order valence-electron chi connectivity index (χ2n) is 5.89. The zero-order valence-corrected chi connectivity index (χ0v) is 14.2. The first-order valence-electron chi connectivity index (χ1n) is 8.14. The fourth-order valence-corrected chi connectivity index (χ4v) is 2.62. The third-order valence-corrected chi connectivity index (χ3v) is 3.93. The number of hydrogen-bond acceptors (Lipinski definition) is 6. The minimum atomic E-state index is -0.668. The van der Waals surface area contributed by atoms with Crippen LogP contribution in [0.1, 0.15) is 23.2 Å². The van der Waals surface area contributed by atoms with Crippen LogP contribution in [0.25, 0.3) is 11.5 Å². The summed E-state index contributed by atoms with van der Waals surface area (Å²) in [6.45, 7) is 4.71. The van der Waals surface area contributed by atoms with Gasteiger partial charge >= 0.3 is 5.97 Å². The van der Waals surface area contributed by atoms with Crippen molar-refractivity contribution in [3.8, 4) is 11.5 Å². The van der Waals surface area contributed by atoms with Gasteiger partial charge in [-0.1, -0.05) is 18.2 Å². The van der Waals surface area contributed by atoms with Crippen molar-refractivity contribution in [2.45, 2.75) is 20.0 Å². The number of esters is 1. The van der Waals surface area contributed by atoms with E-state index in [1.807, 2.05) is 37.3 Å². The van der Waals surface area contributed by atoms with Crippen molar-refractivity contribution in [1.29, 1.82) is 0 Å². The maximum atomic E-state index is 12.2. The van der Waals surface area contributed by atoms with Crippen LogP contribution in [0.3, 0.4) is 0 Å². The zero-order chi connectivity index (χ0) is 17.8. The maximum Gasteiger partial charge on any atom is 0.361 e. The molecule has 1 unspecified atom stereocenters. The van der Waals surface area contributed by atoms with Crippen LogP contribution in [0, 0.1) is 6.92 Å². The Hall–Kier alpha value is -2.67. The molecular formula is C18H20N2O5. The first-order valence-corrected chi connectivity index (χ1v) is 8.14. The van der Waals surface area contributed by atoms with E-state index in [-0.39, 0.29) is 24.3 Å². The number of carbonyl (C=O) groups excluding carboxylic acids is 2. The summed E-state index contributed by atoms with van der Waals surface area (Å²) in [4.78, 5) is 30.2. The molecule has 0 radical (unpaired) electrons. The van der Waals surface area contributed by atoms with Gasteiger partial charge in [-0.25, -0.2) is 9.78 Å². The van der Waals surface area contributed by atoms with Crippen molar-refractivity contribution < 1.29 is 23.5 Å². The maximum absolute atomic E-state index is 12.2. The predicted octanol–water partition coefficient (Wildman–Crippen LogP) is 2.05. The van der Waals surface area contributed by atoms with Crippen molar-refractivity contribution in [1.82, 2.24) is 9.88 Å². The molecule has 0 aliphatic carbocycles. The molecule has 1 atom stereocenters. The van der Waals surface area contributed by atoms with E-state index in [2.05, 4.69) is 4.98 Å². The summed E-state index contributed by atoms with van der Waals surface area (Å²) < 4.78 is 16.0. The van der Waals surface area contributed by atoms with Crippen molar-refractivity contribution >= 4 is 11.9 Å². The lowest BCUT2D eigenvalue weighted by Gasteiger charge is -2.30. The molecule has 1 amide bonds. The Morgan fingerprint density at radius 1 is 1.32 bits per heavy atom. The van der Waals surface area contributed by atoms with Gasteiger partial charge in [-0.15, -0.1) is 0 Å². The van der Waals surface area contributed by atoms with Gasteiger partial charge in [0.25, 0.3) is 5.91 Å². The van der Waals surface area contributed by atoms with E-state index < -0.39 is 5.97 Å². The highest BCUT2D eigenvalue weighted by atomic mass is 16.5. The van der Waals surface area contributed by atoms with Crippen LogP contribution >= 0.6 is 0 Å². The number of oxazole rings is 1. The summed E-state index contributed by atoms with van der Waals surface area (Å²) in [5.41, 5.74) is 0.852. The summed E-state index contributed by atoms with van der Waals surface area (Å²) in [6, 6.07) is 9.27. The molecular weight excluding hydrogens is 324 g/mol. The highest BCUT2D eigenvalue weighted by Gasteiger charge is 2.24. The van der Waals surface area contributed by atoms with Gasteiger partial charge in [0, 0.05) is 18.7 Å². The molecule has 1 aliphatic heterocycles. The molecule has 1 fully saturated rings. The predicted molar refractivity (Wildman–Crippen MR) is 89.0 cm³/mol. The van der Waals surface area contributed by atoms with Crippen LogP contribution in [0.5, 0.6) is 0 Å². The average Bonchev–Trinajstić information content (AvgIpc) is 3.02. The van der Waals surface area contributed by atoms with Crippen molar-refractivity contribution in [3.05, 3.63) is 41.8 Å². The molecule has 1 aromatic heterocycles. The fourth-order valence-electron chi connectivity index (χ4n) is 2.62. The number of carbonyl (C=O) groups is 2. The summed E-state index contributed by atoms with van der Waals surface area (Å²) in [5, 5.41) is 0. The number of rotatable bonds is 4. The quantitative estimate of drug-likeness (QED) is 0.790. The van der Waals surface area contributed by atoms with Gasteiger partial charge in [-0.3, -0.25) is 4.79 Å². The number of ether oxygens (including phenoxy) is 2. The third kappa shape index (κ3) is 4.06. The van der Waals surface area contributed by atoms with Gasteiger partial charge in [0.05, 0.1) is 12.7 Å². The largest absolute Gasteiger partial charge is 0.451 e. The molecule has 0 bridgehead atoms. The highest BCUT2D eigenvalue weighted by molar-refractivity contribution is 5.91. The SMILES string of the molecule is Cc1oc(-c2ccccc2)nc1C(=O)OCC(=O)N1CCOC(C)C1. The van der Waals surface area contributed by atoms with Gasteiger partial charge in [0.15, 0.2) is 12.3 Å². The smallest absolute Gasteiger partial charge is 0.361 e. The van der Waals surface area contributed by atoms with Crippen LogP contribution in [0.4, 0.5) is 0 Å². The normalized spacial score (nSPS) is 17.4. The number of hydrogen-bond donors (Lipinski definition) is 0. The number of benzene rings is 1. The lowest BCUT2D eigenvalue weighted by molar-refractivity contribution is -0.141. The first kappa shape index (κ1) is 17.2. The Balaban J connectivity index is 1.62. The third-order valence-electron chi connectivity index (χ3n) is 3.93. The lowest BCUT2D eigenvalue weighted by Crippen LogP contribution is -2.46. The molecule has 2 aromatic rings. The highest BCUT2D eigenvalue weighted by Crippen LogP contribution is 2.21. The Bertz CT molecular complexity index is 756. The molecule has 1 aliphatic rings. The molecule has 0 saturated carbocycles. The molecule has 7 heteroatoms. The average molecular weight is 344 g/mol. The van der Waals surface area contributed by atoms with E-state index in [0.29, 0.717) is 31.3 Å². The second kappa shape index (κ2) is 7.48. The molecule has 132 valence electrons. The fraction of sp³-hybridized carbons (Fsp3) is 0.389. The van der Waals surface area contributed by atoms with Gasteiger partial charge < -0.3 is 18.8 Å². The van der Waals surface area contributed by atoms with Crippen LogP contribution in [0.2, 0.25) is 0 Å². The van der Waals surface area contributed by atoms with Gasteiger partial charge in [-0.2, -0.15) is 0 Å². The van der Waals surface area contributed by atoms with Gasteiger partial charge in [0.2, 0.25) is 5.89 Å². The lowest BCUT2D eigenvalue weighted by atomic mass is 10.2. The van der Waals surface area contributed by atoms with Crippen LogP contribution in [-0.2, 0) is 14.3 Å². The minimum Gasteiger partial charge on any atom is -0.451 e. The zero-order valence-electron chi connectivity index (χ0n) is 14.2. The van der Waals surface area contributed by atoms with E-state index >= 15 is 0 Å². The number of amides is 1. The Morgan fingerprint density at radius 2 is 2.08 bits per heavy atom. The van der Waals surface area contributed by atoms with Crippen LogP contribution in [0.15, 0.2) is 34.7 Å². The standard InChI is InChI=1S/C18H20N2O5/c1-12-10-20(8-9-23-12)15(21)11-24-18(22)16-13(2)25-17(19-16)14-6-4-3-5-7-14/h3-7,12H,8-11H2,1-2H3. The number of aryl methyl sites for hydroxylation is 1. The van der Waals surface area contributed by atoms with Crippen LogP contribution in [-0.4, -0.2) is 54.2 Å². The van der Waals surface area contributed by atoms with Crippen molar-refractivity contribution in [2.75, 3.05) is 26.3 Å². The molecule has 3 rings (SSSR count). The van der Waals surface area contributed by atoms with E-state index in [4.69, 9.17) is 13.9 Å². The number of aromatic nitrogens is 1. The Morgan fingerprint density at radius 3 is 2.80 bits per heavy atom. The summed E-state index contributed by atoms with van der Waals surface area (Å²) in [6.07, 6.45) is -0.0142. The molecule has 0 spiro atoms. The molecule has 25 heavy (non-hydrogen) atoms.